The Kier molecular flexibility index (Phi) is 15.6. The summed E-state index contributed by atoms with van der Waals surface area (Å²) in [5, 5.41) is 32.0. The monoisotopic (exact) mass is 950 g/mol. The normalized spacial score (nSPS) is 14.2. The third kappa shape index (κ3) is 10.8. The zero-order chi connectivity index (χ0) is 48.0. The number of carboxylic acid groups (broad SMARTS) is 1. The van der Waals surface area contributed by atoms with Crippen LogP contribution in [0.15, 0.2) is 158 Å². The van der Waals surface area contributed by atoms with E-state index in [9.17, 15) is 34.9 Å². The van der Waals surface area contributed by atoms with Crippen molar-refractivity contribution in [2.75, 3.05) is 31.1 Å². The molecule has 0 radical (unpaired) electrons. The Morgan fingerprint density at radius 1 is 0.577 bits per heavy atom. The second-order valence-electron chi connectivity index (χ2n) is 15.9. The number of carbonyl (C=O) groups is 2. The molecule has 0 fully saturated rings. The van der Waals surface area contributed by atoms with E-state index in [0.717, 1.165) is 28.9 Å². The Labute approximate surface area is 417 Å². The molecule has 2 atom stereocenters. The Morgan fingerprint density at radius 3 is 1.31 bits per heavy atom. The van der Waals surface area contributed by atoms with Crippen LogP contribution in [-0.4, -0.2) is 71.9 Å². The second-order valence-corrected chi connectivity index (χ2v) is 15.9. The van der Waals surface area contributed by atoms with E-state index in [4.69, 9.17) is 24.2 Å². The standard InChI is InChI=1S/C26H22N4O5.C25H20N4O5.Li.H2O/c1-34-26(31)24-23(18-9-13-21(14-10-18)35-20-5-3-2-4-6-20)28-25-22(15-16-27-29(24)25)17-7-11-19(12-8-17)30(32)33;30-25(31)23-22(17-8-12-20(13-9-17)34-19-4-2-1-3-5-19)27-24-21(14-15-26-28(23)24)16-6-10-18(11-7-16)29(32)33;;/h2-14,22,27H,15-16H2,1H3;1-13,21,26H,14-15H2,(H,30,31);;1H2/q;;+1;/p-1. The molecule has 19 nitrogen and oxygen atoms in total. The molecular weight excluding hydrogens is 908 g/mol. The number of hydrogen-bond donors (Lipinski definition) is 3. The quantitative estimate of drug-likeness (QED) is 0.0483. The summed E-state index contributed by atoms with van der Waals surface area (Å²) in [4.78, 5) is 55.7. The number of benzene rings is 6. The summed E-state index contributed by atoms with van der Waals surface area (Å²) in [6, 6.07) is 46.0. The van der Waals surface area contributed by atoms with Crippen LogP contribution in [0.5, 0.6) is 23.0 Å². The average Bonchev–Trinajstić information content (AvgIpc) is 3.98. The van der Waals surface area contributed by atoms with Crippen molar-refractivity contribution in [3.8, 4) is 45.5 Å². The van der Waals surface area contributed by atoms with Gasteiger partial charge in [0.25, 0.3) is 11.4 Å². The maximum Gasteiger partial charge on any atom is 1.00 e. The van der Waals surface area contributed by atoms with Gasteiger partial charge in [0.2, 0.25) is 0 Å². The van der Waals surface area contributed by atoms with Gasteiger partial charge in [0.1, 0.15) is 46.0 Å². The number of fused-ring (bicyclic) bond motifs is 2. The first-order valence-electron chi connectivity index (χ1n) is 21.8. The van der Waals surface area contributed by atoms with Crippen molar-refractivity contribution >= 4 is 23.3 Å². The molecule has 0 amide bonds. The van der Waals surface area contributed by atoms with Crippen LogP contribution < -0.4 is 39.2 Å². The smallest absolute Gasteiger partial charge is 0.870 e. The van der Waals surface area contributed by atoms with Crippen molar-refractivity contribution in [2.45, 2.75) is 24.7 Å². The van der Waals surface area contributed by atoms with E-state index in [0.29, 0.717) is 71.1 Å². The molecular formula is C51H43LiN8O11. The van der Waals surface area contributed by atoms with Crippen LogP contribution >= 0.6 is 0 Å². The molecule has 0 saturated heterocycles. The number of nitro groups is 2. The summed E-state index contributed by atoms with van der Waals surface area (Å²) in [6.07, 6.45) is 1.40. The summed E-state index contributed by atoms with van der Waals surface area (Å²) in [6.45, 7) is 1.13. The molecule has 4 N–H and O–H groups in total. The average molecular weight is 951 g/mol. The van der Waals surface area contributed by atoms with E-state index in [1.165, 1.54) is 36.1 Å². The summed E-state index contributed by atoms with van der Waals surface area (Å²) in [5.41, 5.74) is 10.6. The maximum atomic E-state index is 12.8. The minimum Gasteiger partial charge on any atom is -0.870 e. The van der Waals surface area contributed by atoms with Gasteiger partial charge in [-0.1, -0.05) is 60.7 Å². The van der Waals surface area contributed by atoms with E-state index in [2.05, 4.69) is 10.9 Å². The number of carbonyl (C=O) groups excluding carboxylic acids is 1. The summed E-state index contributed by atoms with van der Waals surface area (Å²) in [5.74, 6) is 1.95. The van der Waals surface area contributed by atoms with Gasteiger partial charge in [0.15, 0.2) is 11.4 Å². The number of imidazole rings is 2. The fraction of sp³-hybridized carbons (Fsp3) is 0.137. The summed E-state index contributed by atoms with van der Waals surface area (Å²) in [7, 11) is 1.33. The first kappa shape index (κ1) is 50.1. The largest absolute Gasteiger partial charge is 1.00 e. The Morgan fingerprint density at radius 2 is 0.944 bits per heavy atom. The van der Waals surface area contributed by atoms with E-state index >= 15 is 0 Å². The molecule has 354 valence electrons. The van der Waals surface area contributed by atoms with Crippen molar-refractivity contribution in [1.29, 1.82) is 0 Å². The number of para-hydroxylation sites is 2. The van der Waals surface area contributed by atoms with Gasteiger partial charge < -0.3 is 35.6 Å². The predicted molar refractivity (Wildman–Crippen MR) is 256 cm³/mol. The molecule has 0 aliphatic carbocycles. The number of ether oxygens (including phenoxy) is 3. The minimum absolute atomic E-state index is 0. The Hall–Kier alpha value is -8.76. The van der Waals surface area contributed by atoms with E-state index < -0.39 is 21.8 Å². The zero-order valence-electron chi connectivity index (χ0n) is 38.2. The van der Waals surface area contributed by atoms with Gasteiger partial charge in [0.05, 0.1) is 17.0 Å². The topological polar surface area (TPSA) is 258 Å². The Balaban J connectivity index is 0.000000203. The van der Waals surface area contributed by atoms with Crippen LogP contribution in [0.3, 0.4) is 0 Å². The number of methoxy groups -OCH3 is 1. The number of aromatic nitrogens is 4. The molecule has 0 bridgehead atoms. The third-order valence-electron chi connectivity index (χ3n) is 11.6. The third-order valence-corrected chi connectivity index (χ3v) is 11.6. The number of hydrogen-bond acceptors (Lipinski definition) is 14. The summed E-state index contributed by atoms with van der Waals surface area (Å²) >= 11 is 0. The summed E-state index contributed by atoms with van der Waals surface area (Å²) < 4.78 is 20.0. The van der Waals surface area contributed by atoms with Crippen LogP contribution in [-0.2, 0) is 4.74 Å². The number of nitro benzene ring substituents is 2. The minimum atomic E-state index is -1.10. The van der Waals surface area contributed by atoms with Crippen molar-refractivity contribution in [1.82, 2.24) is 19.3 Å². The molecule has 0 saturated carbocycles. The van der Waals surface area contributed by atoms with Gasteiger partial charge in [-0.2, -0.15) is 0 Å². The second kappa shape index (κ2) is 22.1. The Bertz CT molecular complexity index is 3150. The molecule has 10 rings (SSSR count). The molecule has 4 heterocycles. The molecule has 8 aromatic rings. The predicted octanol–water partition coefficient (Wildman–Crippen LogP) is 6.97. The van der Waals surface area contributed by atoms with Crippen LogP contribution in [0, 0.1) is 20.2 Å². The maximum absolute atomic E-state index is 12.8. The van der Waals surface area contributed by atoms with E-state index in [1.54, 1.807) is 53.2 Å². The number of rotatable bonds is 12. The first-order valence-corrected chi connectivity index (χ1v) is 21.8. The number of nitrogens with one attached hydrogen (secondary N) is 2. The first-order chi connectivity index (χ1) is 33.6. The van der Waals surface area contributed by atoms with Crippen molar-refractivity contribution < 1.29 is 63.1 Å². The van der Waals surface area contributed by atoms with Crippen LogP contribution in [0.25, 0.3) is 22.5 Å². The van der Waals surface area contributed by atoms with Crippen LogP contribution in [0.2, 0.25) is 0 Å². The van der Waals surface area contributed by atoms with Crippen molar-refractivity contribution in [2.24, 2.45) is 0 Å². The number of non-ortho nitro benzene ring substituents is 2. The van der Waals surface area contributed by atoms with Gasteiger partial charge in [-0.25, -0.2) is 28.9 Å². The molecule has 0 spiro atoms. The van der Waals surface area contributed by atoms with Crippen LogP contribution in [0.1, 0.15) is 68.4 Å². The number of nitrogens with zero attached hydrogens (tertiary/aromatic N) is 6. The SMILES string of the molecule is COC(=O)c1c(-c2ccc(Oc3ccccc3)cc2)nc2n1NCCC2c1ccc([N+](=O)[O-])cc1.O=C(O)c1c(-c2ccc(Oc3ccccc3)cc2)nc2n1NCCC2c1ccc([N+](=O)[O-])cc1.[Li+].[OH-]. The number of aromatic carboxylic acids is 1. The molecule has 2 aromatic heterocycles. The zero-order valence-corrected chi connectivity index (χ0v) is 38.2. The molecule has 2 aliphatic heterocycles. The molecule has 6 aromatic carbocycles. The fourth-order valence-electron chi connectivity index (χ4n) is 8.35. The van der Waals surface area contributed by atoms with Gasteiger partial charge in [-0.15, -0.1) is 0 Å². The van der Waals surface area contributed by atoms with Gasteiger partial charge in [0, 0.05) is 60.3 Å². The molecule has 2 unspecified atom stereocenters. The molecule has 2 aliphatic rings. The van der Waals surface area contributed by atoms with Crippen molar-refractivity contribution in [3.63, 3.8) is 0 Å². The van der Waals surface area contributed by atoms with E-state index in [1.807, 2.05) is 84.9 Å². The fourth-order valence-corrected chi connectivity index (χ4v) is 8.35. The molecule has 71 heavy (non-hydrogen) atoms. The molecule has 20 heteroatoms. The number of carboxylic acids is 1. The van der Waals surface area contributed by atoms with Gasteiger partial charge >= 0.3 is 30.8 Å². The van der Waals surface area contributed by atoms with Crippen molar-refractivity contribution in [3.05, 3.63) is 212 Å². The van der Waals surface area contributed by atoms with Gasteiger partial charge in [-0.3, -0.25) is 20.2 Å². The van der Waals surface area contributed by atoms with E-state index in [-0.39, 0.29) is 53.2 Å². The van der Waals surface area contributed by atoms with Crippen LogP contribution in [0.4, 0.5) is 11.4 Å². The number of esters is 1. The van der Waals surface area contributed by atoms with Gasteiger partial charge in [-0.05, 0) is 96.8 Å².